The maximum Gasteiger partial charge on any atom is 0.311 e. The van der Waals surface area contributed by atoms with Crippen molar-refractivity contribution in [2.45, 2.75) is 97.1 Å². The zero-order valence-electron chi connectivity index (χ0n) is 19.8. The van der Waals surface area contributed by atoms with Crippen molar-refractivity contribution in [2.75, 3.05) is 0 Å². The maximum absolute atomic E-state index is 12.9. The van der Waals surface area contributed by atoms with Crippen LogP contribution in [0.4, 0.5) is 0 Å². The summed E-state index contributed by atoms with van der Waals surface area (Å²) in [5.41, 5.74) is -1.24. The van der Waals surface area contributed by atoms with Crippen LogP contribution in [0.25, 0.3) is 0 Å². The van der Waals surface area contributed by atoms with Crippen molar-refractivity contribution in [1.29, 1.82) is 0 Å². The molecule has 0 aromatic carbocycles. The molecule has 180 valence electrons. The van der Waals surface area contributed by atoms with Crippen LogP contribution in [-0.4, -0.2) is 51.2 Å². The highest BCUT2D eigenvalue weighted by Gasteiger charge is 2.48. The second-order valence-electron chi connectivity index (χ2n) is 10.7. The van der Waals surface area contributed by atoms with Crippen LogP contribution in [0.3, 0.4) is 0 Å². The van der Waals surface area contributed by atoms with Crippen LogP contribution >= 0.6 is 0 Å². The highest BCUT2D eigenvalue weighted by atomic mass is 16.6. The fraction of sp³-hybridized carbons (Fsp3) is 0.760. The van der Waals surface area contributed by atoms with Gasteiger partial charge in [-0.25, -0.2) is 0 Å². The Hall–Kier alpha value is -1.86. The van der Waals surface area contributed by atoms with Crippen LogP contribution in [0.15, 0.2) is 23.5 Å². The van der Waals surface area contributed by atoms with E-state index in [1.54, 1.807) is 19.1 Å². The molecule has 0 bridgehead atoms. The summed E-state index contributed by atoms with van der Waals surface area (Å²) in [6.45, 7) is 9.29. The fourth-order valence-corrected chi connectivity index (χ4v) is 5.19. The number of rotatable bonds is 6. The highest BCUT2D eigenvalue weighted by Crippen LogP contribution is 2.48. The average Bonchev–Trinajstić information content (AvgIpc) is 2.66. The minimum Gasteiger partial charge on any atom is -0.508 e. The van der Waals surface area contributed by atoms with Gasteiger partial charge in [0.25, 0.3) is 0 Å². The molecule has 7 nitrogen and oxygen atoms in total. The van der Waals surface area contributed by atoms with Crippen LogP contribution in [0.2, 0.25) is 0 Å². The van der Waals surface area contributed by atoms with Gasteiger partial charge < -0.3 is 24.8 Å². The first-order valence-electron chi connectivity index (χ1n) is 11.8. The third-order valence-corrected chi connectivity index (χ3v) is 7.45. The molecule has 3 N–H and O–H groups in total. The number of aliphatic hydroxyl groups is 3. The van der Waals surface area contributed by atoms with Crippen molar-refractivity contribution in [3.63, 3.8) is 0 Å². The lowest BCUT2D eigenvalue weighted by Gasteiger charge is -2.46. The Labute approximate surface area is 190 Å². The first-order valence-corrected chi connectivity index (χ1v) is 11.8. The number of allylic oxidation sites excluding steroid dienone is 2. The summed E-state index contributed by atoms with van der Waals surface area (Å²) < 4.78 is 11.4. The van der Waals surface area contributed by atoms with E-state index in [1.165, 1.54) is 0 Å². The summed E-state index contributed by atoms with van der Waals surface area (Å²) in [6, 6.07) is 0. The molecule has 3 rings (SSSR count). The van der Waals surface area contributed by atoms with Gasteiger partial charge in [-0.2, -0.15) is 0 Å². The van der Waals surface area contributed by atoms with Crippen molar-refractivity contribution in [2.24, 2.45) is 23.2 Å². The van der Waals surface area contributed by atoms with E-state index in [-0.39, 0.29) is 54.4 Å². The summed E-state index contributed by atoms with van der Waals surface area (Å²) in [5.74, 6) is -0.818. The third kappa shape index (κ3) is 5.37. The van der Waals surface area contributed by atoms with Gasteiger partial charge in [0.2, 0.25) is 0 Å². The quantitative estimate of drug-likeness (QED) is 0.530. The summed E-state index contributed by atoms with van der Waals surface area (Å²) in [7, 11) is 0. The van der Waals surface area contributed by atoms with E-state index in [0.717, 1.165) is 0 Å². The maximum atomic E-state index is 12.9. The van der Waals surface area contributed by atoms with Gasteiger partial charge in [0.15, 0.2) is 0 Å². The lowest BCUT2D eigenvalue weighted by Crippen LogP contribution is -2.48. The average molecular weight is 451 g/mol. The number of esters is 2. The molecule has 0 spiro atoms. The van der Waals surface area contributed by atoms with E-state index in [0.29, 0.717) is 31.3 Å². The normalized spacial score (nSPS) is 37.7. The molecule has 7 atom stereocenters. The van der Waals surface area contributed by atoms with Crippen LogP contribution in [0, 0.1) is 23.2 Å². The molecule has 0 aromatic heterocycles. The van der Waals surface area contributed by atoms with Crippen LogP contribution in [0.5, 0.6) is 0 Å². The van der Waals surface area contributed by atoms with Gasteiger partial charge >= 0.3 is 11.9 Å². The molecular weight excluding hydrogens is 412 g/mol. The van der Waals surface area contributed by atoms with Crippen molar-refractivity contribution >= 4 is 11.9 Å². The first kappa shape index (κ1) is 24.8. The number of hydrogen-bond donors (Lipinski definition) is 3. The molecular formula is C25H38O7. The van der Waals surface area contributed by atoms with E-state index in [2.05, 4.69) is 0 Å². The van der Waals surface area contributed by atoms with Gasteiger partial charge in [-0.3, -0.25) is 9.59 Å². The van der Waals surface area contributed by atoms with E-state index in [9.17, 15) is 24.9 Å². The minimum absolute atomic E-state index is 0.00445. The Balaban J connectivity index is 1.86. The fourth-order valence-electron chi connectivity index (χ4n) is 5.19. The third-order valence-electron chi connectivity index (χ3n) is 7.45. The number of cyclic esters (lactones) is 1. The second-order valence-corrected chi connectivity index (χ2v) is 10.7. The molecule has 32 heavy (non-hydrogen) atoms. The monoisotopic (exact) mass is 450 g/mol. The van der Waals surface area contributed by atoms with Gasteiger partial charge in [0.05, 0.1) is 23.5 Å². The Morgan fingerprint density at radius 2 is 2.03 bits per heavy atom. The molecule has 1 heterocycles. The van der Waals surface area contributed by atoms with Gasteiger partial charge in [-0.15, -0.1) is 0 Å². The number of hydrogen-bond acceptors (Lipinski definition) is 7. The number of carbonyl (C=O) groups is 2. The first-order chi connectivity index (χ1) is 14.8. The molecule has 0 amide bonds. The zero-order valence-corrected chi connectivity index (χ0v) is 19.8. The SMILES string of the molecule is CCC(C)(C)C(=O)O[C@H]1C[C@](C)(O)C=C2C(O)=C[C@H](C)[C@H](CC[C@@H]3C[C@@H](O)CC(=O)O3)[C@H]21. The highest BCUT2D eigenvalue weighted by molar-refractivity contribution is 5.76. The molecule has 7 heteroatoms. The van der Waals surface area contributed by atoms with E-state index < -0.39 is 23.2 Å². The van der Waals surface area contributed by atoms with Gasteiger partial charge in [-0.1, -0.05) is 13.8 Å². The smallest absolute Gasteiger partial charge is 0.311 e. The zero-order chi connectivity index (χ0) is 23.8. The molecule has 0 aromatic rings. The molecule has 1 fully saturated rings. The molecule has 0 unspecified atom stereocenters. The summed E-state index contributed by atoms with van der Waals surface area (Å²) in [4.78, 5) is 24.6. The Morgan fingerprint density at radius 3 is 2.66 bits per heavy atom. The summed E-state index contributed by atoms with van der Waals surface area (Å²) in [6.07, 6.45) is 4.43. The van der Waals surface area contributed by atoms with E-state index in [1.807, 2.05) is 27.7 Å². The number of carbonyl (C=O) groups excluding carboxylic acids is 2. The largest absolute Gasteiger partial charge is 0.508 e. The van der Waals surface area contributed by atoms with E-state index >= 15 is 0 Å². The molecule has 1 aliphatic heterocycles. The lowest BCUT2D eigenvalue weighted by molar-refractivity contribution is -0.168. The summed E-state index contributed by atoms with van der Waals surface area (Å²) in [5, 5.41) is 31.5. The van der Waals surface area contributed by atoms with Crippen molar-refractivity contribution in [3.05, 3.63) is 23.5 Å². The van der Waals surface area contributed by atoms with Crippen LogP contribution in [-0.2, 0) is 19.1 Å². The van der Waals surface area contributed by atoms with Crippen molar-refractivity contribution in [1.82, 2.24) is 0 Å². The number of aliphatic hydroxyl groups excluding tert-OH is 2. The lowest BCUT2D eigenvalue weighted by atomic mass is 9.64. The van der Waals surface area contributed by atoms with Crippen molar-refractivity contribution in [3.8, 4) is 0 Å². The van der Waals surface area contributed by atoms with Crippen LogP contribution in [0.1, 0.15) is 73.1 Å². The predicted octanol–water partition coefficient (Wildman–Crippen LogP) is 3.59. The molecule has 1 saturated heterocycles. The minimum atomic E-state index is -1.21. The van der Waals surface area contributed by atoms with E-state index in [4.69, 9.17) is 9.47 Å². The second kappa shape index (κ2) is 9.18. The van der Waals surface area contributed by atoms with Crippen LogP contribution < -0.4 is 0 Å². The topological polar surface area (TPSA) is 113 Å². The van der Waals surface area contributed by atoms with Gasteiger partial charge in [0, 0.05) is 18.8 Å². The molecule has 2 aliphatic carbocycles. The molecule has 0 radical (unpaired) electrons. The summed E-state index contributed by atoms with van der Waals surface area (Å²) >= 11 is 0. The number of fused-ring (bicyclic) bond motifs is 1. The molecule has 0 saturated carbocycles. The Kier molecular flexibility index (Phi) is 7.11. The van der Waals surface area contributed by atoms with Crippen molar-refractivity contribution < 1.29 is 34.4 Å². The standard InChI is InChI=1S/C25H38O7/c1-6-24(3,4)23(29)32-20-13-25(5,30)12-18-19(27)9-14(2)17(22(18)20)8-7-16-10-15(26)11-21(28)31-16/h9,12,14-17,20,22,26-27,30H,6-8,10-11,13H2,1-5H3/t14-,15+,16+,17-,20-,22+,25+/m0/s1. The Morgan fingerprint density at radius 1 is 1.34 bits per heavy atom. The Bertz CT molecular complexity index is 794. The van der Waals surface area contributed by atoms with Gasteiger partial charge in [0.1, 0.15) is 18.0 Å². The predicted molar refractivity (Wildman–Crippen MR) is 118 cm³/mol. The number of ether oxygens (including phenoxy) is 2. The van der Waals surface area contributed by atoms with Gasteiger partial charge in [-0.05, 0) is 69.6 Å². The molecule has 3 aliphatic rings.